The third-order valence-corrected chi connectivity index (χ3v) is 6.53. The van der Waals surface area contributed by atoms with Crippen molar-refractivity contribution in [3.8, 4) is 28.1 Å². The Bertz CT molecular complexity index is 1400. The second-order valence-electron chi connectivity index (χ2n) is 7.06. The molecule has 0 radical (unpaired) electrons. The molecular formula is C23H16N4O4S2. The molecule has 0 aliphatic heterocycles. The van der Waals surface area contributed by atoms with Crippen molar-refractivity contribution in [1.29, 1.82) is 5.26 Å². The van der Waals surface area contributed by atoms with E-state index in [1.54, 1.807) is 18.2 Å². The lowest BCUT2D eigenvalue weighted by Crippen LogP contribution is -2.09. The average molecular weight is 477 g/mol. The number of ether oxygens (including phenoxy) is 1. The van der Waals surface area contributed by atoms with Crippen molar-refractivity contribution in [1.82, 2.24) is 4.98 Å². The van der Waals surface area contributed by atoms with Crippen LogP contribution in [0.15, 0.2) is 54.6 Å². The number of thiazole rings is 1. The molecule has 0 bridgehead atoms. The molecule has 33 heavy (non-hydrogen) atoms. The van der Waals surface area contributed by atoms with Gasteiger partial charge in [0, 0.05) is 11.6 Å². The van der Waals surface area contributed by atoms with E-state index in [4.69, 9.17) is 10.00 Å². The number of nitro groups is 1. The first kappa shape index (κ1) is 22.1. The number of nitrogens with zero attached hydrogens (tertiary/aromatic N) is 3. The second-order valence-corrected chi connectivity index (χ2v) is 9.09. The van der Waals surface area contributed by atoms with Crippen molar-refractivity contribution in [2.75, 3.05) is 5.32 Å². The van der Waals surface area contributed by atoms with Crippen LogP contribution in [0, 0.1) is 35.3 Å². The summed E-state index contributed by atoms with van der Waals surface area (Å²) in [5, 5.41) is 23.4. The number of aryl methyl sites for hydroxylation is 2. The van der Waals surface area contributed by atoms with Crippen molar-refractivity contribution in [3.05, 3.63) is 86.3 Å². The summed E-state index contributed by atoms with van der Waals surface area (Å²) in [5.41, 5.74) is 3.77. The Hall–Kier alpha value is -4.07. The highest BCUT2D eigenvalue weighted by atomic mass is 32.1. The number of anilines is 1. The van der Waals surface area contributed by atoms with Crippen molar-refractivity contribution in [2.24, 2.45) is 0 Å². The van der Waals surface area contributed by atoms with Gasteiger partial charge in [-0.25, -0.2) is 4.98 Å². The molecule has 0 unspecified atom stereocenters. The number of nitrogens with one attached hydrogen (secondary N) is 1. The minimum absolute atomic E-state index is 0.111. The third-order valence-electron chi connectivity index (χ3n) is 4.64. The zero-order valence-electron chi connectivity index (χ0n) is 17.5. The number of amides is 1. The quantitative estimate of drug-likeness (QED) is 0.257. The molecule has 0 saturated carbocycles. The van der Waals surface area contributed by atoms with Gasteiger partial charge in [-0.3, -0.25) is 20.2 Å². The van der Waals surface area contributed by atoms with Crippen LogP contribution in [0.1, 0.15) is 26.4 Å². The Morgan fingerprint density at radius 3 is 2.52 bits per heavy atom. The van der Waals surface area contributed by atoms with E-state index in [9.17, 15) is 14.9 Å². The highest BCUT2D eigenvalue weighted by Gasteiger charge is 2.20. The van der Waals surface area contributed by atoms with E-state index in [1.165, 1.54) is 12.1 Å². The monoisotopic (exact) mass is 476 g/mol. The maximum Gasteiger partial charge on any atom is 0.324 e. The number of thiophene rings is 1. The summed E-state index contributed by atoms with van der Waals surface area (Å²) in [4.78, 5) is 27.7. The third kappa shape index (κ3) is 4.90. The van der Waals surface area contributed by atoms with Gasteiger partial charge in [-0.1, -0.05) is 52.5 Å². The van der Waals surface area contributed by atoms with E-state index in [1.807, 2.05) is 38.1 Å². The number of rotatable bonds is 6. The van der Waals surface area contributed by atoms with Crippen LogP contribution in [-0.4, -0.2) is 15.8 Å². The minimum Gasteiger partial charge on any atom is -0.444 e. The molecule has 0 spiro atoms. The number of carbonyl (C=O) groups is 1. The fourth-order valence-electron chi connectivity index (χ4n) is 2.96. The van der Waals surface area contributed by atoms with Gasteiger partial charge in [0.1, 0.15) is 11.4 Å². The van der Waals surface area contributed by atoms with Crippen LogP contribution in [0.5, 0.6) is 10.8 Å². The molecule has 2 aromatic heterocycles. The Morgan fingerprint density at radius 1 is 1.12 bits per heavy atom. The summed E-state index contributed by atoms with van der Waals surface area (Å²) in [6.45, 7) is 3.82. The van der Waals surface area contributed by atoms with Crippen LogP contribution < -0.4 is 10.1 Å². The van der Waals surface area contributed by atoms with Gasteiger partial charge in [0.15, 0.2) is 5.13 Å². The summed E-state index contributed by atoms with van der Waals surface area (Å²) < 4.78 is 6.14. The van der Waals surface area contributed by atoms with Crippen LogP contribution in [0.2, 0.25) is 0 Å². The lowest BCUT2D eigenvalue weighted by Gasteiger charge is -2.08. The van der Waals surface area contributed by atoms with Crippen molar-refractivity contribution < 1.29 is 14.5 Å². The highest BCUT2D eigenvalue weighted by molar-refractivity contribution is 7.19. The fraction of sp³-hybridized carbons (Fsp3) is 0.0870. The van der Waals surface area contributed by atoms with Crippen LogP contribution in [-0.2, 0) is 0 Å². The summed E-state index contributed by atoms with van der Waals surface area (Å²) in [6.07, 6.45) is 0. The second kappa shape index (κ2) is 9.20. The molecule has 0 fully saturated rings. The lowest BCUT2D eigenvalue weighted by atomic mass is 10.1. The van der Waals surface area contributed by atoms with Gasteiger partial charge in [0.2, 0.25) is 5.06 Å². The summed E-state index contributed by atoms with van der Waals surface area (Å²) in [5.74, 6) is 0.0798. The number of hydrogen-bond acceptors (Lipinski definition) is 8. The number of nitriles is 1. The SMILES string of the molecule is Cc1ccc(-c2nc(NC(=O)c3ccc([N+](=O)[O-])s3)sc2Oc2ccc(C#N)cc2C)cc1. The molecule has 1 amide bonds. The van der Waals surface area contributed by atoms with Crippen LogP contribution >= 0.6 is 22.7 Å². The number of aromatic nitrogens is 1. The molecule has 4 rings (SSSR count). The van der Waals surface area contributed by atoms with E-state index >= 15 is 0 Å². The lowest BCUT2D eigenvalue weighted by molar-refractivity contribution is -0.380. The summed E-state index contributed by atoms with van der Waals surface area (Å²) in [7, 11) is 0. The number of carbonyl (C=O) groups excluding carboxylic acids is 1. The van der Waals surface area contributed by atoms with Gasteiger partial charge >= 0.3 is 5.00 Å². The maximum absolute atomic E-state index is 12.6. The van der Waals surface area contributed by atoms with E-state index in [0.29, 0.717) is 27.2 Å². The highest BCUT2D eigenvalue weighted by Crippen LogP contribution is 2.41. The van der Waals surface area contributed by atoms with Crippen LogP contribution in [0.4, 0.5) is 10.1 Å². The molecule has 2 aromatic carbocycles. The minimum atomic E-state index is -0.536. The molecule has 0 atom stereocenters. The van der Waals surface area contributed by atoms with Gasteiger partial charge in [0.25, 0.3) is 5.91 Å². The number of hydrogen-bond donors (Lipinski definition) is 1. The van der Waals surface area contributed by atoms with Gasteiger partial charge in [0.05, 0.1) is 21.4 Å². The average Bonchev–Trinajstić information content (AvgIpc) is 3.43. The largest absolute Gasteiger partial charge is 0.444 e. The van der Waals surface area contributed by atoms with E-state index in [0.717, 1.165) is 39.4 Å². The van der Waals surface area contributed by atoms with Crippen LogP contribution in [0.3, 0.4) is 0 Å². The van der Waals surface area contributed by atoms with Gasteiger partial charge in [-0.05, 0) is 43.7 Å². The summed E-state index contributed by atoms with van der Waals surface area (Å²) in [6, 6.07) is 17.6. The zero-order valence-corrected chi connectivity index (χ0v) is 19.1. The Kier molecular flexibility index (Phi) is 6.17. The van der Waals surface area contributed by atoms with Gasteiger partial charge in [-0.15, -0.1) is 0 Å². The molecule has 0 saturated heterocycles. The Balaban J connectivity index is 1.67. The first-order valence-electron chi connectivity index (χ1n) is 9.66. The summed E-state index contributed by atoms with van der Waals surface area (Å²) >= 11 is 1.94. The molecule has 10 heteroatoms. The molecular weight excluding hydrogens is 460 g/mol. The first-order chi connectivity index (χ1) is 15.8. The normalized spacial score (nSPS) is 10.5. The van der Waals surface area contributed by atoms with Crippen LogP contribution in [0.25, 0.3) is 11.3 Å². The predicted octanol–water partition coefficient (Wildman–Crippen LogP) is 6.31. The van der Waals surface area contributed by atoms with E-state index in [2.05, 4.69) is 16.4 Å². The molecule has 0 aliphatic rings. The maximum atomic E-state index is 12.6. The zero-order chi connectivity index (χ0) is 23.5. The van der Waals surface area contributed by atoms with Crippen molar-refractivity contribution >= 4 is 38.7 Å². The smallest absolute Gasteiger partial charge is 0.324 e. The van der Waals surface area contributed by atoms with Gasteiger partial charge in [-0.2, -0.15) is 5.26 Å². The topological polar surface area (TPSA) is 118 Å². The fourth-order valence-corrected chi connectivity index (χ4v) is 4.53. The first-order valence-corrected chi connectivity index (χ1v) is 11.3. The van der Waals surface area contributed by atoms with Crippen molar-refractivity contribution in [3.63, 3.8) is 0 Å². The molecule has 0 aliphatic carbocycles. The van der Waals surface area contributed by atoms with Gasteiger partial charge < -0.3 is 4.74 Å². The molecule has 1 N–H and O–H groups in total. The predicted molar refractivity (Wildman–Crippen MR) is 127 cm³/mol. The Morgan fingerprint density at radius 2 is 1.88 bits per heavy atom. The standard InChI is InChI=1S/C23H16N4O4S2/c1-13-3-6-16(7-4-13)20-22(31-17-8-5-15(12-24)11-14(17)2)33-23(25-20)26-21(28)18-9-10-19(32-18)27(29)30/h3-11H,1-2H3,(H,25,26,28). The number of benzene rings is 2. The van der Waals surface area contributed by atoms with E-state index in [-0.39, 0.29) is 9.88 Å². The van der Waals surface area contributed by atoms with E-state index < -0.39 is 10.8 Å². The van der Waals surface area contributed by atoms with Crippen molar-refractivity contribution in [2.45, 2.75) is 13.8 Å². The molecule has 2 heterocycles. The molecule has 164 valence electrons. The molecule has 8 nitrogen and oxygen atoms in total. The molecule has 4 aromatic rings. The Labute approximate surface area is 196 Å².